The van der Waals surface area contributed by atoms with Crippen LogP contribution in [0.4, 0.5) is 0 Å². The molecular formula is C32H37NO14. The second kappa shape index (κ2) is 12.4. The second-order valence-corrected chi connectivity index (χ2v) is 12.2. The van der Waals surface area contributed by atoms with Crippen LogP contribution >= 0.6 is 0 Å². The van der Waals surface area contributed by atoms with Crippen LogP contribution in [0.25, 0.3) is 0 Å². The molecule has 1 unspecified atom stereocenters. The monoisotopic (exact) mass is 659 g/mol. The first-order valence-corrected chi connectivity index (χ1v) is 15.4. The van der Waals surface area contributed by atoms with Gasteiger partial charge in [0.2, 0.25) is 12.5 Å². The van der Waals surface area contributed by atoms with E-state index in [4.69, 9.17) is 53.1 Å². The molecule has 7 rings (SSSR count). The van der Waals surface area contributed by atoms with Crippen molar-refractivity contribution in [2.45, 2.75) is 68.9 Å². The van der Waals surface area contributed by atoms with Crippen molar-refractivity contribution in [3.05, 3.63) is 41.0 Å². The van der Waals surface area contributed by atoms with Crippen molar-refractivity contribution in [2.75, 3.05) is 34.2 Å². The Bertz CT molecular complexity index is 1520. The van der Waals surface area contributed by atoms with Crippen LogP contribution in [0.2, 0.25) is 0 Å². The average Bonchev–Trinajstić information content (AvgIpc) is 3.68. The van der Waals surface area contributed by atoms with Crippen molar-refractivity contribution in [3.63, 3.8) is 0 Å². The number of methoxy groups -OCH3 is 2. The first kappa shape index (κ1) is 31.9. The van der Waals surface area contributed by atoms with E-state index >= 15 is 0 Å². The molecular weight excluding hydrogens is 622 g/mol. The van der Waals surface area contributed by atoms with Gasteiger partial charge in [0.05, 0.1) is 39.5 Å². The fourth-order valence-corrected chi connectivity index (χ4v) is 7.02. The summed E-state index contributed by atoms with van der Waals surface area (Å²) in [4.78, 5) is 26.0. The summed E-state index contributed by atoms with van der Waals surface area (Å²) >= 11 is 0. The van der Waals surface area contributed by atoms with E-state index in [-0.39, 0.29) is 37.3 Å². The van der Waals surface area contributed by atoms with Crippen LogP contribution in [0, 0.1) is 11.8 Å². The van der Waals surface area contributed by atoms with E-state index in [1.165, 1.54) is 21.1 Å². The lowest BCUT2D eigenvalue weighted by Gasteiger charge is -2.47. The Balaban J connectivity index is 1.31. The van der Waals surface area contributed by atoms with Gasteiger partial charge in [-0.1, -0.05) is 0 Å². The minimum Gasteiger partial charge on any atom is -0.493 e. The van der Waals surface area contributed by atoms with Gasteiger partial charge in [-0.05, 0) is 54.8 Å². The first-order valence-electron chi connectivity index (χ1n) is 15.4. The van der Waals surface area contributed by atoms with Crippen LogP contribution in [0.5, 0.6) is 28.7 Å². The molecule has 254 valence electrons. The number of aliphatic hydroxyl groups excluding tert-OH is 2. The smallest absolute Gasteiger partial charge is 0.328 e. The van der Waals surface area contributed by atoms with Crippen LogP contribution in [0.15, 0.2) is 24.3 Å². The van der Waals surface area contributed by atoms with Crippen molar-refractivity contribution in [2.24, 2.45) is 17.6 Å². The summed E-state index contributed by atoms with van der Waals surface area (Å²) in [6.07, 6.45) is -6.99. The molecule has 15 heteroatoms. The lowest BCUT2D eigenvalue weighted by atomic mass is 9.66. The quantitative estimate of drug-likeness (QED) is 0.280. The zero-order valence-electron chi connectivity index (χ0n) is 26.2. The van der Waals surface area contributed by atoms with Gasteiger partial charge >= 0.3 is 11.9 Å². The summed E-state index contributed by atoms with van der Waals surface area (Å²) in [5, 5.41) is 22.1. The van der Waals surface area contributed by atoms with Crippen LogP contribution in [0.1, 0.15) is 42.6 Å². The number of cyclic esters (lactones) is 1. The lowest BCUT2D eigenvalue weighted by molar-refractivity contribution is -0.364. The van der Waals surface area contributed by atoms with E-state index in [1.54, 1.807) is 31.2 Å². The summed E-state index contributed by atoms with van der Waals surface area (Å²) in [6.45, 7) is 3.34. The van der Waals surface area contributed by atoms with Gasteiger partial charge in [-0.15, -0.1) is 0 Å². The third-order valence-electron chi connectivity index (χ3n) is 9.30. The Morgan fingerprint density at radius 2 is 1.64 bits per heavy atom. The minimum absolute atomic E-state index is 0.00270. The van der Waals surface area contributed by atoms with E-state index in [0.717, 1.165) is 0 Å². The second-order valence-electron chi connectivity index (χ2n) is 12.2. The molecule has 0 aromatic heterocycles. The molecule has 4 N–H and O–H groups in total. The number of hydrogen-bond donors (Lipinski definition) is 3. The molecule has 0 amide bonds. The number of nitrogens with two attached hydrogens (primary N) is 1. The third-order valence-corrected chi connectivity index (χ3v) is 9.30. The van der Waals surface area contributed by atoms with E-state index in [2.05, 4.69) is 0 Å². The Labute approximate surface area is 269 Å². The molecule has 1 aliphatic carbocycles. The Kier molecular flexibility index (Phi) is 8.41. The van der Waals surface area contributed by atoms with Gasteiger partial charge in [0.15, 0.2) is 35.6 Å². The standard InChI is InChI=1S/C32H37NO14/c1-12(33)30(36)46-28-20(38-3)5-14(6-21(28)39-4)23-15-7-18-19(43-11-42-18)8-16(15)27(17-9-41-31(37)24(17)23)47-32-26(35)25(34)29-22(45-32)10-40-13(2)44-29/h5-8,12-13,17,22-27,29,32,34-35H,9-11,33H2,1-4H3/t12?,13-,17+,22-,23-,24+,25-,26-,27-,29-,32+/m1/s1. The van der Waals surface area contributed by atoms with Crippen molar-refractivity contribution in [1.82, 2.24) is 0 Å². The predicted octanol–water partition coefficient (Wildman–Crippen LogP) is 0.886. The molecule has 0 radical (unpaired) electrons. The van der Waals surface area contributed by atoms with Gasteiger partial charge in [0, 0.05) is 11.8 Å². The van der Waals surface area contributed by atoms with Gasteiger partial charge in [0.25, 0.3) is 0 Å². The molecule has 11 atom stereocenters. The number of ether oxygens (including phenoxy) is 10. The predicted molar refractivity (Wildman–Crippen MR) is 156 cm³/mol. The average molecular weight is 660 g/mol. The fourth-order valence-electron chi connectivity index (χ4n) is 7.02. The topological polar surface area (TPSA) is 193 Å². The molecule has 15 nitrogen and oxygen atoms in total. The zero-order chi connectivity index (χ0) is 33.1. The SMILES string of the molecule is COc1cc([C@@H]2c3cc4c(cc3[C@@H](O[C@@H]3O[C@@H]5CO[C@@H](C)O[C@H]5[C@H](O)[C@H]3O)[C@H]3COC(=O)[C@H]23)OCO4)cc(OC)c1OC(=O)C(C)N. The highest BCUT2D eigenvalue weighted by atomic mass is 16.8. The maximum atomic E-state index is 13.6. The van der Waals surface area contributed by atoms with E-state index < -0.39 is 78.8 Å². The fraction of sp³-hybridized carbons (Fsp3) is 0.562. The number of esters is 2. The molecule has 3 saturated heterocycles. The van der Waals surface area contributed by atoms with Crippen molar-refractivity contribution >= 4 is 11.9 Å². The number of benzene rings is 2. The molecule has 0 spiro atoms. The summed E-state index contributed by atoms with van der Waals surface area (Å²) < 4.78 is 57.7. The zero-order valence-corrected chi connectivity index (χ0v) is 26.2. The molecule has 4 heterocycles. The largest absolute Gasteiger partial charge is 0.493 e. The summed E-state index contributed by atoms with van der Waals surface area (Å²) in [6, 6.07) is 6.01. The summed E-state index contributed by atoms with van der Waals surface area (Å²) in [5.74, 6) is -1.76. The van der Waals surface area contributed by atoms with E-state index in [1.807, 2.05) is 0 Å². The summed E-state index contributed by atoms with van der Waals surface area (Å²) in [5.41, 5.74) is 7.63. The van der Waals surface area contributed by atoms with Crippen molar-refractivity contribution in [3.8, 4) is 28.7 Å². The number of aliphatic hydroxyl groups is 2. The van der Waals surface area contributed by atoms with Gasteiger partial charge in [-0.25, -0.2) is 4.79 Å². The van der Waals surface area contributed by atoms with Crippen LogP contribution in [0.3, 0.4) is 0 Å². The molecule has 3 fully saturated rings. The highest BCUT2D eigenvalue weighted by Crippen LogP contribution is 2.57. The van der Waals surface area contributed by atoms with E-state index in [9.17, 15) is 19.8 Å². The van der Waals surface area contributed by atoms with Gasteiger partial charge < -0.3 is 63.3 Å². The van der Waals surface area contributed by atoms with Crippen LogP contribution in [-0.4, -0.2) is 99.4 Å². The molecule has 47 heavy (non-hydrogen) atoms. The van der Waals surface area contributed by atoms with Crippen molar-refractivity contribution in [1.29, 1.82) is 0 Å². The molecule has 0 bridgehead atoms. The van der Waals surface area contributed by atoms with Gasteiger partial charge in [-0.3, -0.25) is 4.79 Å². The Morgan fingerprint density at radius 1 is 0.957 bits per heavy atom. The molecule has 2 aromatic rings. The maximum Gasteiger partial charge on any atom is 0.328 e. The summed E-state index contributed by atoms with van der Waals surface area (Å²) in [7, 11) is 2.84. The number of fused-ring (bicyclic) bond motifs is 4. The lowest BCUT2D eigenvalue weighted by Crippen LogP contribution is -2.63. The number of hydrogen-bond acceptors (Lipinski definition) is 15. The first-order chi connectivity index (χ1) is 22.6. The van der Waals surface area contributed by atoms with Gasteiger partial charge in [0.1, 0.15) is 30.5 Å². The maximum absolute atomic E-state index is 13.6. The van der Waals surface area contributed by atoms with Crippen molar-refractivity contribution < 1.29 is 67.2 Å². The Hall–Kier alpha value is -3.70. The number of rotatable bonds is 7. The molecule has 5 aliphatic rings. The Morgan fingerprint density at radius 3 is 2.30 bits per heavy atom. The highest BCUT2D eigenvalue weighted by molar-refractivity contribution is 5.80. The van der Waals surface area contributed by atoms with Gasteiger partial charge in [-0.2, -0.15) is 0 Å². The van der Waals surface area contributed by atoms with Crippen LogP contribution in [-0.2, 0) is 33.3 Å². The molecule has 0 saturated carbocycles. The number of carbonyl (C=O) groups is 2. The minimum atomic E-state index is -1.46. The number of carbonyl (C=O) groups excluding carboxylic acids is 2. The molecule has 4 aliphatic heterocycles. The normalized spacial score (nSPS) is 34.4. The van der Waals surface area contributed by atoms with Crippen LogP contribution < -0.4 is 29.4 Å². The third kappa shape index (κ3) is 5.45. The molecule has 2 aromatic carbocycles. The highest BCUT2D eigenvalue weighted by Gasteiger charge is 2.56. The van der Waals surface area contributed by atoms with E-state index in [0.29, 0.717) is 28.2 Å².